The van der Waals surface area contributed by atoms with E-state index in [9.17, 15) is 9.18 Å². The number of rotatable bonds is 4. The van der Waals surface area contributed by atoms with Gasteiger partial charge in [-0.2, -0.15) is 0 Å². The molecule has 0 spiro atoms. The average Bonchev–Trinajstić information content (AvgIpc) is 2.43. The molecule has 1 aromatic carbocycles. The van der Waals surface area contributed by atoms with Crippen LogP contribution < -0.4 is 5.32 Å². The van der Waals surface area contributed by atoms with Crippen LogP contribution in [-0.4, -0.2) is 42.1 Å². The molecule has 0 radical (unpaired) electrons. The Balaban J connectivity index is 2.06. The number of esters is 1. The fourth-order valence-electron chi connectivity index (χ4n) is 2.51. The third-order valence-corrected chi connectivity index (χ3v) is 3.90. The highest BCUT2D eigenvalue weighted by Crippen LogP contribution is 2.22. The Hall–Kier alpha value is -1.46. The van der Waals surface area contributed by atoms with E-state index in [0.29, 0.717) is 26.2 Å². The second kappa shape index (κ2) is 6.54. The molecule has 1 aliphatic heterocycles. The van der Waals surface area contributed by atoms with E-state index >= 15 is 0 Å². The van der Waals surface area contributed by atoms with E-state index in [2.05, 4.69) is 24.1 Å². The molecular weight excluding hydrogens is 271 g/mol. The van der Waals surface area contributed by atoms with Crippen molar-refractivity contribution >= 4 is 5.97 Å². The van der Waals surface area contributed by atoms with Crippen LogP contribution in [0.3, 0.4) is 0 Å². The van der Waals surface area contributed by atoms with Crippen LogP contribution in [-0.2, 0) is 16.1 Å². The van der Waals surface area contributed by atoms with Gasteiger partial charge in [-0.3, -0.25) is 9.69 Å². The summed E-state index contributed by atoms with van der Waals surface area (Å²) in [6, 6.07) is 6.19. The van der Waals surface area contributed by atoms with Crippen LogP contribution in [0.1, 0.15) is 26.3 Å². The third kappa shape index (κ3) is 4.02. The van der Waals surface area contributed by atoms with E-state index in [1.165, 1.54) is 12.1 Å². The summed E-state index contributed by atoms with van der Waals surface area (Å²) in [7, 11) is 0. The van der Waals surface area contributed by atoms with Crippen molar-refractivity contribution in [2.45, 2.75) is 38.9 Å². The van der Waals surface area contributed by atoms with Gasteiger partial charge in [0.25, 0.3) is 0 Å². The number of benzene rings is 1. The van der Waals surface area contributed by atoms with Crippen LogP contribution in [0.4, 0.5) is 4.39 Å². The summed E-state index contributed by atoms with van der Waals surface area (Å²) in [4.78, 5) is 14.1. The number of nitrogens with one attached hydrogen (secondary N) is 1. The number of carbonyl (C=O) groups excluding carboxylic acids is 1. The molecule has 1 fully saturated rings. The maximum absolute atomic E-state index is 13.0. The minimum atomic E-state index is -0.307. The van der Waals surface area contributed by atoms with E-state index in [1.807, 2.05) is 0 Å². The molecule has 1 heterocycles. The van der Waals surface area contributed by atoms with Crippen LogP contribution >= 0.6 is 0 Å². The summed E-state index contributed by atoms with van der Waals surface area (Å²) in [5.41, 5.74) is 0.964. The lowest BCUT2D eigenvalue weighted by Gasteiger charge is -2.45. The van der Waals surface area contributed by atoms with Gasteiger partial charge in [0.05, 0.1) is 6.61 Å². The predicted octanol–water partition coefficient (Wildman–Crippen LogP) is 1.94. The molecule has 0 unspecified atom stereocenters. The van der Waals surface area contributed by atoms with Gasteiger partial charge in [0.2, 0.25) is 0 Å². The van der Waals surface area contributed by atoms with Gasteiger partial charge in [-0.1, -0.05) is 12.1 Å². The standard InChI is InChI=1S/C16H23FN2O2/c1-4-21-15(20)14-10-19(16(2,3)11-18-14)9-12-5-7-13(17)8-6-12/h5-8,14,18H,4,9-11H2,1-3H3/t14-/m0/s1. The lowest BCUT2D eigenvalue weighted by Crippen LogP contribution is -2.63. The van der Waals surface area contributed by atoms with Crippen LogP contribution in [0.15, 0.2) is 24.3 Å². The van der Waals surface area contributed by atoms with Crippen molar-refractivity contribution in [1.29, 1.82) is 0 Å². The zero-order valence-electron chi connectivity index (χ0n) is 12.9. The lowest BCUT2D eigenvalue weighted by molar-refractivity contribution is -0.148. The predicted molar refractivity (Wildman–Crippen MR) is 79.3 cm³/mol. The van der Waals surface area contributed by atoms with Gasteiger partial charge >= 0.3 is 5.97 Å². The first-order valence-corrected chi connectivity index (χ1v) is 7.32. The summed E-state index contributed by atoms with van der Waals surface area (Å²) < 4.78 is 18.1. The first-order valence-electron chi connectivity index (χ1n) is 7.32. The molecule has 4 nitrogen and oxygen atoms in total. The Morgan fingerprint density at radius 2 is 2.10 bits per heavy atom. The van der Waals surface area contributed by atoms with Crippen LogP contribution in [0.25, 0.3) is 0 Å². The molecule has 21 heavy (non-hydrogen) atoms. The second-order valence-electron chi connectivity index (χ2n) is 6.00. The number of hydrogen-bond acceptors (Lipinski definition) is 4. The van der Waals surface area contributed by atoms with Gasteiger partial charge in [0.1, 0.15) is 11.9 Å². The number of hydrogen-bond donors (Lipinski definition) is 1. The lowest BCUT2D eigenvalue weighted by atomic mass is 9.96. The molecule has 0 amide bonds. The van der Waals surface area contributed by atoms with Gasteiger partial charge in [0, 0.05) is 25.2 Å². The maximum atomic E-state index is 13.0. The quantitative estimate of drug-likeness (QED) is 0.862. The molecule has 1 aliphatic rings. The Morgan fingerprint density at radius 3 is 2.71 bits per heavy atom. The molecule has 1 saturated heterocycles. The molecule has 1 N–H and O–H groups in total. The van der Waals surface area contributed by atoms with E-state index < -0.39 is 0 Å². The van der Waals surface area contributed by atoms with Crippen molar-refractivity contribution < 1.29 is 13.9 Å². The Kier molecular flexibility index (Phi) is 4.96. The van der Waals surface area contributed by atoms with Crippen LogP contribution in [0, 0.1) is 5.82 Å². The summed E-state index contributed by atoms with van der Waals surface area (Å²) in [6.07, 6.45) is 0. The van der Waals surface area contributed by atoms with Crippen LogP contribution in [0.2, 0.25) is 0 Å². The van der Waals surface area contributed by atoms with Gasteiger partial charge in [-0.25, -0.2) is 4.39 Å². The Bertz CT molecular complexity index is 488. The van der Waals surface area contributed by atoms with Gasteiger partial charge in [-0.15, -0.1) is 0 Å². The first kappa shape index (κ1) is 15.9. The molecule has 1 atom stereocenters. The van der Waals surface area contributed by atoms with E-state index in [1.54, 1.807) is 19.1 Å². The SMILES string of the molecule is CCOC(=O)[C@@H]1CN(Cc2ccc(F)cc2)C(C)(C)CN1. The number of piperazine rings is 1. The Morgan fingerprint density at radius 1 is 1.43 bits per heavy atom. The van der Waals surface area contributed by atoms with Crippen molar-refractivity contribution in [1.82, 2.24) is 10.2 Å². The van der Waals surface area contributed by atoms with E-state index in [-0.39, 0.29) is 23.4 Å². The first-order chi connectivity index (χ1) is 9.92. The van der Waals surface area contributed by atoms with Gasteiger partial charge < -0.3 is 10.1 Å². The molecule has 1 aromatic rings. The molecule has 2 rings (SSSR count). The molecule has 0 bridgehead atoms. The third-order valence-electron chi connectivity index (χ3n) is 3.90. The maximum Gasteiger partial charge on any atom is 0.324 e. The van der Waals surface area contributed by atoms with E-state index in [0.717, 1.165) is 5.56 Å². The molecular formula is C16H23FN2O2. The zero-order chi connectivity index (χ0) is 15.5. The molecule has 0 saturated carbocycles. The molecule has 5 heteroatoms. The molecule has 116 valence electrons. The average molecular weight is 294 g/mol. The van der Waals surface area contributed by atoms with Crippen LogP contribution in [0.5, 0.6) is 0 Å². The smallest absolute Gasteiger partial charge is 0.324 e. The number of carbonyl (C=O) groups is 1. The largest absolute Gasteiger partial charge is 0.465 e. The normalized spacial score (nSPS) is 22.0. The monoisotopic (exact) mass is 294 g/mol. The number of halogens is 1. The van der Waals surface area contributed by atoms with Gasteiger partial charge in [0.15, 0.2) is 0 Å². The summed E-state index contributed by atoms with van der Waals surface area (Å²) in [6.45, 7) is 8.43. The summed E-state index contributed by atoms with van der Waals surface area (Å²) in [5, 5.41) is 3.24. The van der Waals surface area contributed by atoms with Crippen molar-refractivity contribution in [3.05, 3.63) is 35.6 Å². The Labute approximate surface area is 125 Å². The fraction of sp³-hybridized carbons (Fsp3) is 0.562. The summed E-state index contributed by atoms with van der Waals surface area (Å²) >= 11 is 0. The van der Waals surface area contributed by atoms with Crippen molar-refractivity contribution in [2.24, 2.45) is 0 Å². The van der Waals surface area contributed by atoms with Crippen molar-refractivity contribution in [2.75, 3.05) is 19.7 Å². The molecule has 0 aromatic heterocycles. The minimum Gasteiger partial charge on any atom is -0.465 e. The topological polar surface area (TPSA) is 41.6 Å². The highest BCUT2D eigenvalue weighted by atomic mass is 19.1. The van der Waals surface area contributed by atoms with Crippen molar-refractivity contribution in [3.8, 4) is 0 Å². The van der Waals surface area contributed by atoms with Crippen molar-refractivity contribution in [3.63, 3.8) is 0 Å². The second-order valence-corrected chi connectivity index (χ2v) is 6.00. The van der Waals surface area contributed by atoms with E-state index in [4.69, 9.17) is 4.74 Å². The number of nitrogens with zero attached hydrogens (tertiary/aromatic N) is 1. The highest BCUT2D eigenvalue weighted by molar-refractivity contribution is 5.76. The summed E-state index contributed by atoms with van der Waals surface area (Å²) in [5.74, 6) is -0.445. The van der Waals surface area contributed by atoms with Gasteiger partial charge in [-0.05, 0) is 38.5 Å². The number of ether oxygens (including phenoxy) is 1. The molecule has 0 aliphatic carbocycles. The zero-order valence-corrected chi connectivity index (χ0v) is 12.9. The fourth-order valence-corrected chi connectivity index (χ4v) is 2.51. The highest BCUT2D eigenvalue weighted by Gasteiger charge is 2.37. The minimum absolute atomic E-state index is 0.0720.